The summed E-state index contributed by atoms with van der Waals surface area (Å²) in [7, 11) is 0. The van der Waals surface area contributed by atoms with E-state index in [4.69, 9.17) is 25.5 Å². The number of ether oxygens (including phenoxy) is 2. The maximum Gasteiger partial charge on any atom is 0.309 e. The zero-order valence-electron chi connectivity index (χ0n) is 12.9. The third-order valence-corrected chi connectivity index (χ3v) is 3.06. The van der Waals surface area contributed by atoms with Gasteiger partial charge in [0.1, 0.15) is 0 Å². The van der Waals surface area contributed by atoms with Crippen LogP contribution in [0.2, 0.25) is 5.02 Å². The highest BCUT2D eigenvalue weighted by molar-refractivity contribution is 6.30. The third-order valence-electron chi connectivity index (χ3n) is 2.83. The molecule has 0 saturated carbocycles. The summed E-state index contributed by atoms with van der Waals surface area (Å²) >= 11 is 5.91. The van der Waals surface area contributed by atoms with Crippen molar-refractivity contribution < 1.29 is 18.7 Å². The molecule has 0 fully saturated rings. The summed E-state index contributed by atoms with van der Waals surface area (Å²) in [6, 6.07) is 6.94. The van der Waals surface area contributed by atoms with E-state index in [9.17, 15) is 4.79 Å². The molecule has 2 aromatic rings. The van der Waals surface area contributed by atoms with Gasteiger partial charge in [0, 0.05) is 23.8 Å². The minimum Gasteiger partial charge on any atom is -0.412 e. The molecule has 7 nitrogen and oxygen atoms in total. The van der Waals surface area contributed by atoms with E-state index >= 15 is 0 Å². The van der Waals surface area contributed by atoms with Crippen LogP contribution in [0.3, 0.4) is 0 Å². The molecule has 2 rings (SSSR count). The summed E-state index contributed by atoms with van der Waals surface area (Å²) in [5.41, 5.74) is 0.644. The molecule has 0 saturated heterocycles. The lowest BCUT2D eigenvalue weighted by Gasteiger charge is -2.16. The Labute approximate surface area is 138 Å². The van der Waals surface area contributed by atoms with Gasteiger partial charge in [-0.05, 0) is 32.0 Å². The highest BCUT2D eigenvalue weighted by atomic mass is 35.5. The van der Waals surface area contributed by atoms with Crippen LogP contribution in [0.25, 0.3) is 11.5 Å². The van der Waals surface area contributed by atoms with Crippen LogP contribution in [0, 0.1) is 0 Å². The molecule has 1 heterocycles. The second-order valence-corrected chi connectivity index (χ2v) is 4.91. The summed E-state index contributed by atoms with van der Waals surface area (Å²) in [6.45, 7) is 4.86. The van der Waals surface area contributed by atoms with Crippen molar-refractivity contribution in [3.63, 3.8) is 0 Å². The highest BCUT2D eigenvalue weighted by Crippen LogP contribution is 2.21. The van der Waals surface area contributed by atoms with Gasteiger partial charge in [-0.25, -0.2) is 0 Å². The predicted octanol–water partition coefficient (Wildman–Crippen LogP) is 2.52. The number of carbonyl (C=O) groups is 1. The predicted molar refractivity (Wildman–Crippen MR) is 84.1 cm³/mol. The number of aromatic nitrogens is 2. The van der Waals surface area contributed by atoms with Crippen LogP contribution in [-0.2, 0) is 9.47 Å². The van der Waals surface area contributed by atoms with Gasteiger partial charge >= 0.3 is 11.8 Å². The van der Waals surface area contributed by atoms with Gasteiger partial charge in [0.05, 0.1) is 6.54 Å². The minimum absolute atomic E-state index is 0.133. The highest BCUT2D eigenvalue weighted by Gasteiger charge is 2.18. The van der Waals surface area contributed by atoms with E-state index in [1.807, 2.05) is 13.8 Å². The number of hydrogen-bond acceptors (Lipinski definition) is 6. The molecule has 0 aliphatic heterocycles. The van der Waals surface area contributed by atoms with Crippen molar-refractivity contribution in [1.29, 1.82) is 0 Å². The topological polar surface area (TPSA) is 86.5 Å². The van der Waals surface area contributed by atoms with Crippen LogP contribution in [0.15, 0.2) is 28.7 Å². The summed E-state index contributed by atoms with van der Waals surface area (Å²) < 4.78 is 16.0. The number of halogens is 1. The van der Waals surface area contributed by atoms with Crippen molar-refractivity contribution in [2.45, 2.75) is 20.1 Å². The summed E-state index contributed by atoms with van der Waals surface area (Å²) in [5, 5.41) is 10.8. The van der Waals surface area contributed by atoms with Crippen molar-refractivity contribution in [1.82, 2.24) is 15.5 Å². The summed E-state index contributed by atoms with van der Waals surface area (Å²) in [6.07, 6.45) is -0.510. The molecule has 1 aromatic carbocycles. The Morgan fingerprint density at radius 2 is 2.04 bits per heavy atom. The first-order valence-corrected chi connectivity index (χ1v) is 7.62. The fourth-order valence-corrected chi connectivity index (χ4v) is 2.03. The van der Waals surface area contributed by atoms with Crippen LogP contribution >= 0.6 is 11.6 Å². The van der Waals surface area contributed by atoms with E-state index < -0.39 is 12.2 Å². The van der Waals surface area contributed by atoms with Crippen molar-refractivity contribution in [2.75, 3.05) is 19.8 Å². The van der Waals surface area contributed by atoms with Gasteiger partial charge in [0.25, 0.3) is 0 Å². The molecule has 23 heavy (non-hydrogen) atoms. The van der Waals surface area contributed by atoms with Crippen molar-refractivity contribution >= 4 is 17.5 Å². The third kappa shape index (κ3) is 5.02. The van der Waals surface area contributed by atoms with E-state index in [1.165, 1.54) is 0 Å². The first-order chi connectivity index (χ1) is 11.1. The fraction of sp³-hybridized carbons (Fsp3) is 0.400. The lowest BCUT2D eigenvalue weighted by Crippen LogP contribution is -2.35. The molecular weight excluding hydrogens is 322 g/mol. The molecule has 0 bridgehead atoms. The average molecular weight is 340 g/mol. The Balaban J connectivity index is 1.98. The van der Waals surface area contributed by atoms with Crippen molar-refractivity contribution in [2.24, 2.45) is 0 Å². The quantitative estimate of drug-likeness (QED) is 0.744. The van der Waals surface area contributed by atoms with Gasteiger partial charge in [0.15, 0.2) is 6.29 Å². The molecular formula is C15H18ClN3O4. The molecule has 124 valence electrons. The molecule has 0 aliphatic rings. The Morgan fingerprint density at radius 1 is 1.30 bits per heavy atom. The Kier molecular flexibility index (Phi) is 6.52. The van der Waals surface area contributed by atoms with Crippen LogP contribution in [-0.4, -0.2) is 42.2 Å². The monoisotopic (exact) mass is 339 g/mol. The molecule has 1 N–H and O–H groups in total. The van der Waals surface area contributed by atoms with Gasteiger partial charge < -0.3 is 19.2 Å². The van der Waals surface area contributed by atoms with E-state index in [1.54, 1.807) is 24.3 Å². The number of carbonyl (C=O) groups excluding carboxylic acids is 1. The molecule has 0 atom stereocenters. The standard InChI is InChI=1S/C15H18ClN3O4/c1-3-21-12(22-4-2)9-17-13(20)15-19-18-14(23-15)10-6-5-7-11(16)8-10/h5-8,12H,3-4,9H2,1-2H3,(H,17,20). The van der Waals surface area contributed by atoms with Crippen LogP contribution in [0.4, 0.5) is 0 Å². The first-order valence-electron chi connectivity index (χ1n) is 7.24. The summed E-state index contributed by atoms with van der Waals surface area (Å²) in [5.74, 6) is -0.397. The Morgan fingerprint density at radius 3 is 2.70 bits per heavy atom. The van der Waals surface area contributed by atoms with Gasteiger partial charge in [-0.15, -0.1) is 10.2 Å². The Bertz CT molecular complexity index is 641. The maximum absolute atomic E-state index is 12.0. The normalized spacial score (nSPS) is 11.0. The maximum atomic E-state index is 12.0. The van der Waals surface area contributed by atoms with Gasteiger partial charge in [0.2, 0.25) is 5.89 Å². The molecule has 0 aliphatic carbocycles. The van der Waals surface area contributed by atoms with Crippen molar-refractivity contribution in [3.8, 4) is 11.5 Å². The van der Waals surface area contributed by atoms with Crippen molar-refractivity contribution in [3.05, 3.63) is 35.2 Å². The van der Waals surface area contributed by atoms with Crippen LogP contribution < -0.4 is 5.32 Å². The number of amides is 1. The molecule has 1 aromatic heterocycles. The largest absolute Gasteiger partial charge is 0.412 e. The lowest BCUT2D eigenvalue weighted by atomic mass is 10.2. The number of benzene rings is 1. The minimum atomic E-state index is -0.510. The summed E-state index contributed by atoms with van der Waals surface area (Å²) in [4.78, 5) is 12.0. The number of nitrogens with zero attached hydrogens (tertiary/aromatic N) is 2. The number of rotatable bonds is 8. The second-order valence-electron chi connectivity index (χ2n) is 4.47. The number of nitrogens with one attached hydrogen (secondary N) is 1. The molecule has 1 amide bonds. The van der Waals surface area contributed by atoms with Gasteiger partial charge in [-0.3, -0.25) is 4.79 Å². The first kappa shape index (κ1) is 17.4. The van der Waals surface area contributed by atoms with E-state index in [0.717, 1.165) is 0 Å². The van der Waals surface area contributed by atoms with Gasteiger partial charge in [-0.1, -0.05) is 17.7 Å². The van der Waals surface area contributed by atoms with E-state index in [-0.39, 0.29) is 18.3 Å². The van der Waals surface area contributed by atoms with Crippen LogP contribution in [0.5, 0.6) is 0 Å². The molecule has 0 unspecified atom stereocenters. The fourth-order valence-electron chi connectivity index (χ4n) is 1.84. The molecule has 8 heteroatoms. The lowest BCUT2D eigenvalue weighted by molar-refractivity contribution is -0.131. The van der Waals surface area contributed by atoms with Crippen LogP contribution in [0.1, 0.15) is 24.5 Å². The average Bonchev–Trinajstić information content (AvgIpc) is 3.03. The zero-order chi connectivity index (χ0) is 16.7. The Hall–Kier alpha value is -1.96. The zero-order valence-corrected chi connectivity index (χ0v) is 13.7. The SMILES string of the molecule is CCOC(CNC(=O)c1nnc(-c2cccc(Cl)c2)o1)OCC. The van der Waals surface area contributed by atoms with E-state index in [2.05, 4.69) is 15.5 Å². The molecule has 0 spiro atoms. The van der Waals surface area contributed by atoms with Gasteiger partial charge in [-0.2, -0.15) is 0 Å². The molecule has 0 radical (unpaired) electrons. The smallest absolute Gasteiger partial charge is 0.309 e. The number of hydrogen-bond donors (Lipinski definition) is 1. The second kappa shape index (κ2) is 8.61. The van der Waals surface area contributed by atoms with E-state index in [0.29, 0.717) is 23.8 Å².